The Balaban J connectivity index is 2.23. The topological polar surface area (TPSA) is 93.2 Å². The third-order valence-electron chi connectivity index (χ3n) is 3.11. The van der Waals surface area contributed by atoms with Gasteiger partial charge in [-0.3, -0.25) is 16.0 Å². The first kappa shape index (κ1) is 11.7. The first-order valence-electron chi connectivity index (χ1n) is 5.62. The van der Waals surface area contributed by atoms with Gasteiger partial charge in [-0.05, 0) is 30.9 Å². The number of nitrogens with zero attached hydrogens (tertiary/aromatic N) is 1. The molecule has 92 valence electrons. The summed E-state index contributed by atoms with van der Waals surface area (Å²) in [5.74, 6) is 5.97. The van der Waals surface area contributed by atoms with Gasteiger partial charge in [-0.15, -0.1) is 0 Å². The van der Waals surface area contributed by atoms with E-state index in [1.165, 1.54) is 0 Å². The van der Waals surface area contributed by atoms with Crippen LogP contribution >= 0.6 is 0 Å². The van der Waals surface area contributed by atoms with E-state index in [-0.39, 0.29) is 5.69 Å². The first-order valence-corrected chi connectivity index (χ1v) is 5.62. The molecular weight excluding hydrogens is 220 g/mol. The van der Waals surface area contributed by atoms with Crippen LogP contribution in [0.2, 0.25) is 0 Å². The monoisotopic (exact) mass is 236 g/mol. The van der Waals surface area contributed by atoms with Gasteiger partial charge in [-0.2, -0.15) is 0 Å². The number of nitrogens with one attached hydrogen (secondary N) is 2. The molecule has 4 N–H and O–H groups in total. The molecule has 0 spiro atoms. The van der Waals surface area contributed by atoms with Crippen molar-refractivity contribution in [2.75, 3.05) is 10.7 Å². The molecule has 1 fully saturated rings. The van der Waals surface area contributed by atoms with Crippen molar-refractivity contribution in [3.05, 3.63) is 28.3 Å². The highest BCUT2D eigenvalue weighted by Gasteiger charge is 2.28. The van der Waals surface area contributed by atoms with Crippen molar-refractivity contribution < 1.29 is 4.92 Å². The van der Waals surface area contributed by atoms with Crippen LogP contribution in [0.3, 0.4) is 0 Å². The molecule has 2 rings (SSSR count). The van der Waals surface area contributed by atoms with Gasteiger partial charge in [-0.25, -0.2) is 0 Å². The van der Waals surface area contributed by atoms with Crippen molar-refractivity contribution in [3.63, 3.8) is 0 Å². The molecular formula is C11H16N4O2. The number of hydrazine groups is 1. The van der Waals surface area contributed by atoms with Crippen LogP contribution in [0.4, 0.5) is 17.1 Å². The summed E-state index contributed by atoms with van der Waals surface area (Å²) in [6.45, 7) is 2.17. The summed E-state index contributed by atoms with van der Waals surface area (Å²) in [5.41, 5.74) is 3.22. The Morgan fingerprint density at radius 2 is 2.06 bits per heavy atom. The Kier molecular flexibility index (Phi) is 3.14. The molecule has 0 atom stereocenters. The van der Waals surface area contributed by atoms with E-state index in [2.05, 4.69) is 17.7 Å². The van der Waals surface area contributed by atoms with Crippen molar-refractivity contribution in [2.24, 2.45) is 11.8 Å². The maximum Gasteiger partial charge on any atom is 0.316 e. The van der Waals surface area contributed by atoms with Crippen molar-refractivity contribution in [1.29, 1.82) is 0 Å². The fraction of sp³-hybridized carbons (Fsp3) is 0.455. The largest absolute Gasteiger partial charge is 0.377 e. The first-order chi connectivity index (χ1) is 8.11. The predicted octanol–water partition coefficient (Wildman–Crippen LogP) is 2.09. The number of nitrogens with two attached hydrogens (primary N) is 1. The Labute approximate surface area is 99.3 Å². The van der Waals surface area contributed by atoms with Gasteiger partial charge < -0.3 is 10.7 Å². The molecule has 6 heteroatoms. The fourth-order valence-electron chi connectivity index (χ4n) is 2.21. The SMILES string of the molecule is CC1CC(Nc2cccc(NN)c2[N+](=O)[O-])C1. The number of benzene rings is 1. The van der Waals surface area contributed by atoms with Crippen LogP contribution in [0.25, 0.3) is 0 Å². The molecule has 6 nitrogen and oxygen atoms in total. The summed E-state index contributed by atoms with van der Waals surface area (Å²) in [4.78, 5) is 10.6. The lowest BCUT2D eigenvalue weighted by Crippen LogP contribution is -2.34. The Morgan fingerprint density at radius 1 is 1.41 bits per heavy atom. The number of hydrogen-bond donors (Lipinski definition) is 3. The van der Waals surface area contributed by atoms with Crippen LogP contribution in [-0.4, -0.2) is 11.0 Å². The van der Waals surface area contributed by atoms with E-state index in [0.717, 1.165) is 12.8 Å². The minimum atomic E-state index is -0.417. The molecule has 0 amide bonds. The van der Waals surface area contributed by atoms with Crippen LogP contribution in [0.15, 0.2) is 18.2 Å². The molecule has 0 heterocycles. The van der Waals surface area contributed by atoms with Gasteiger partial charge >= 0.3 is 5.69 Å². The van der Waals surface area contributed by atoms with Gasteiger partial charge in [0.15, 0.2) is 0 Å². The normalized spacial score (nSPS) is 22.7. The molecule has 0 aromatic heterocycles. The maximum absolute atomic E-state index is 11.0. The smallest absolute Gasteiger partial charge is 0.316 e. The average molecular weight is 236 g/mol. The second-order valence-electron chi connectivity index (χ2n) is 4.52. The van der Waals surface area contributed by atoms with Gasteiger partial charge in [0.2, 0.25) is 0 Å². The summed E-state index contributed by atoms with van der Waals surface area (Å²) < 4.78 is 0. The Morgan fingerprint density at radius 3 is 2.59 bits per heavy atom. The third-order valence-corrected chi connectivity index (χ3v) is 3.11. The number of rotatable bonds is 4. The van der Waals surface area contributed by atoms with Crippen molar-refractivity contribution >= 4 is 17.1 Å². The summed E-state index contributed by atoms with van der Waals surface area (Å²) in [6, 6.07) is 5.37. The van der Waals surface area contributed by atoms with E-state index in [1.807, 2.05) is 0 Å². The average Bonchev–Trinajstić information content (AvgIpc) is 2.26. The zero-order chi connectivity index (χ0) is 12.4. The van der Waals surface area contributed by atoms with Crippen molar-refractivity contribution in [1.82, 2.24) is 0 Å². The Hall–Kier alpha value is -1.82. The van der Waals surface area contributed by atoms with E-state index in [1.54, 1.807) is 18.2 Å². The summed E-state index contributed by atoms with van der Waals surface area (Å²) in [7, 11) is 0. The quantitative estimate of drug-likeness (QED) is 0.423. The summed E-state index contributed by atoms with van der Waals surface area (Å²) in [6.07, 6.45) is 2.11. The number of para-hydroxylation sites is 1. The number of nitrogen functional groups attached to an aromatic ring is 1. The van der Waals surface area contributed by atoms with Crippen molar-refractivity contribution in [2.45, 2.75) is 25.8 Å². The van der Waals surface area contributed by atoms with E-state index in [4.69, 9.17) is 5.84 Å². The van der Waals surface area contributed by atoms with E-state index >= 15 is 0 Å². The number of anilines is 2. The summed E-state index contributed by atoms with van der Waals surface area (Å²) >= 11 is 0. The van der Waals surface area contributed by atoms with E-state index in [9.17, 15) is 10.1 Å². The number of nitro groups is 1. The molecule has 1 aliphatic carbocycles. The highest BCUT2D eigenvalue weighted by molar-refractivity contribution is 5.76. The van der Waals surface area contributed by atoms with Gasteiger partial charge in [-0.1, -0.05) is 13.0 Å². The second-order valence-corrected chi connectivity index (χ2v) is 4.52. The van der Waals surface area contributed by atoms with Gasteiger partial charge in [0.25, 0.3) is 0 Å². The van der Waals surface area contributed by atoms with Crippen LogP contribution < -0.4 is 16.6 Å². The molecule has 1 aromatic carbocycles. The van der Waals surface area contributed by atoms with Crippen molar-refractivity contribution in [3.8, 4) is 0 Å². The molecule has 17 heavy (non-hydrogen) atoms. The zero-order valence-corrected chi connectivity index (χ0v) is 9.64. The third kappa shape index (κ3) is 2.31. The highest BCUT2D eigenvalue weighted by Crippen LogP contribution is 2.36. The second kappa shape index (κ2) is 4.58. The fourth-order valence-corrected chi connectivity index (χ4v) is 2.21. The van der Waals surface area contributed by atoms with E-state index in [0.29, 0.717) is 23.3 Å². The minimum Gasteiger partial charge on any atom is -0.377 e. The molecule has 1 aromatic rings. The highest BCUT2D eigenvalue weighted by atomic mass is 16.6. The van der Waals surface area contributed by atoms with Crippen LogP contribution in [0.5, 0.6) is 0 Å². The zero-order valence-electron chi connectivity index (χ0n) is 9.64. The molecule has 1 aliphatic rings. The van der Waals surface area contributed by atoms with Crippen LogP contribution in [0, 0.1) is 16.0 Å². The number of nitro benzene ring substituents is 1. The van der Waals surface area contributed by atoms with Gasteiger partial charge in [0.05, 0.1) is 4.92 Å². The lowest BCUT2D eigenvalue weighted by molar-refractivity contribution is -0.383. The lowest BCUT2D eigenvalue weighted by atomic mass is 9.82. The van der Waals surface area contributed by atoms with Gasteiger partial charge in [0.1, 0.15) is 11.4 Å². The number of hydrogen-bond acceptors (Lipinski definition) is 5. The predicted molar refractivity (Wildman–Crippen MR) is 66.7 cm³/mol. The minimum absolute atomic E-state index is 0.00885. The maximum atomic E-state index is 11.0. The molecule has 0 unspecified atom stereocenters. The van der Waals surface area contributed by atoms with Crippen LogP contribution in [0.1, 0.15) is 19.8 Å². The molecule has 1 saturated carbocycles. The molecule has 0 bridgehead atoms. The molecule has 0 aliphatic heterocycles. The van der Waals surface area contributed by atoms with Crippen LogP contribution in [-0.2, 0) is 0 Å². The standard InChI is InChI=1S/C11H16N4O2/c1-7-5-8(6-7)13-9-3-2-4-10(14-12)11(9)15(16)17/h2-4,7-8,13-14H,5-6,12H2,1H3. The summed E-state index contributed by atoms with van der Waals surface area (Å²) in [5, 5.41) is 14.2. The molecule has 0 radical (unpaired) electrons. The lowest BCUT2D eigenvalue weighted by Gasteiger charge is -2.33. The Bertz CT molecular complexity index is 429. The molecule has 0 saturated heterocycles. The van der Waals surface area contributed by atoms with E-state index < -0.39 is 4.92 Å². The van der Waals surface area contributed by atoms with Gasteiger partial charge in [0, 0.05) is 6.04 Å².